The summed E-state index contributed by atoms with van der Waals surface area (Å²) in [6.07, 6.45) is 1.74. The van der Waals surface area contributed by atoms with E-state index in [1.165, 1.54) is 0 Å². The summed E-state index contributed by atoms with van der Waals surface area (Å²) in [5, 5.41) is 50.8. The molecule has 4 rings (SSSR count). The SMILES string of the molecule is O=C(O)CCC/C=C\CN1C(=O)CCC[C@@H]1/C=C/C(CCc1sc2ccccc2c1Cl)O[C@@H]1OC(C(=O)O)[C@@H](O)[C@H](O)C1O. The Bertz CT molecular complexity index is 1360. The molecule has 3 heterocycles. The number of amides is 1. The van der Waals surface area contributed by atoms with Crippen LogP contribution in [-0.2, 0) is 30.3 Å². The number of aliphatic hydroxyl groups excluding tert-OH is 3. The summed E-state index contributed by atoms with van der Waals surface area (Å²) < 4.78 is 12.4. The Morgan fingerprint density at radius 3 is 2.64 bits per heavy atom. The van der Waals surface area contributed by atoms with E-state index in [2.05, 4.69) is 0 Å². The summed E-state index contributed by atoms with van der Waals surface area (Å²) in [6.45, 7) is 0.360. The Hall–Kier alpha value is -2.84. The van der Waals surface area contributed by atoms with Crippen LogP contribution in [0.25, 0.3) is 10.1 Å². The highest BCUT2D eigenvalue weighted by atomic mass is 35.5. The highest BCUT2D eigenvalue weighted by Crippen LogP contribution is 2.36. The second-order valence-corrected chi connectivity index (χ2v) is 12.4. The van der Waals surface area contributed by atoms with E-state index in [0.717, 1.165) is 15.0 Å². The van der Waals surface area contributed by atoms with Gasteiger partial charge in [0.05, 0.1) is 17.2 Å². The number of allylic oxidation sites excluding steroid dienone is 1. The minimum Gasteiger partial charge on any atom is -0.481 e. The summed E-state index contributed by atoms with van der Waals surface area (Å²) in [4.78, 5) is 37.8. The molecule has 3 unspecified atom stereocenters. The van der Waals surface area contributed by atoms with Gasteiger partial charge in [0, 0.05) is 34.3 Å². The van der Waals surface area contributed by atoms with Crippen LogP contribution in [0.1, 0.15) is 49.8 Å². The molecule has 2 aliphatic rings. The van der Waals surface area contributed by atoms with E-state index in [1.54, 1.807) is 22.3 Å². The molecule has 5 N–H and O–H groups in total. The van der Waals surface area contributed by atoms with Gasteiger partial charge < -0.3 is 39.9 Å². The van der Waals surface area contributed by atoms with Gasteiger partial charge in [-0.2, -0.15) is 0 Å². The number of aliphatic carboxylic acids is 2. The van der Waals surface area contributed by atoms with E-state index in [0.29, 0.717) is 56.5 Å². The first-order valence-electron chi connectivity index (χ1n) is 14.6. The Balaban J connectivity index is 1.51. The minimum absolute atomic E-state index is 0.0111. The number of thiophene rings is 1. The summed E-state index contributed by atoms with van der Waals surface area (Å²) in [5.41, 5.74) is 0. The zero-order valence-corrected chi connectivity index (χ0v) is 25.6. The van der Waals surface area contributed by atoms with Crippen molar-refractivity contribution in [1.82, 2.24) is 4.90 Å². The van der Waals surface area contributed by atoms with Crippen molar-refractivity contribution in [2.24, 2.45) is 0 Å². The normalized spacial score (nSPS) is 27.0. The molecule has 13 heteroatoms. The number of rotatable bonds is 14. The number of carboxylic acid groups (broad SMARTS) is 2. The molecule has 2 saturated heterocycles. The number of halogens is 1. The molecule has 11 nitrogen and oxygen atoms in total. The molecule has 1 aromatic carbocycles. The molecule has 240 valence electrons. The van der Waals surface area contributed by atoms with Crippen LogP contribution in [-0.4, -0.2) is 97.7 Å². The van der Waals surface area contributed by atoms with Crippen molar-refractivity contribution in [3.8, 4) is 0 Å². The number of aryl methyl sites for hydroxylation is 1. The van der Waals surface area contributed by atoms with Crippen molar-refractivity contribution >= 4 is 50.9 Å². The number of fused-ring (bicyclic) bond motifs is 1. The fraction of sp³-hybridized carbons (Fsp3) is 0.516. The first-order valence-corrected chi connectivity index (χ1v) is 15.8. The molecule has 2 fully saturated rings. The number of piperidine rings is 1. The van der Waals surface area contributed by atoms with Crippen molar-refractivity contribution in [1.29, 1.82) is 0 Å². The second-order valence-electron chi connectivity index (χ2n) is 10.9. The molecule has 7 atom stereocenters. The van der Waals surface area contributed by atoms with Crippen LogP contribution in [0.4, 0.5) is 0 Å². The molecule has 2 aromatic rings. The van der Waals surface area contributed by atoms with Crippen molar-refractivity contribution in [3.05, 3.63) is 58.5 Å². The van der Waals surface area contributed by atoms with Crippen LogP contribution in [0.5, 0.6) is 0 Å². The number of hydrogen-bond donors (Lipinski definition) is 5. The lowest BCUT2D eigenvalue weighted by Crippen LogP contribution is -2.60. The first kappa shape index (κ1) is 34.0. The summed E-state index contributed by atoms with van der Waals surface area (Å²) in [5.74, 6) is -2.37. The average Bonchev–Trinajstić information content (AvgIpc) is 3.31. The largest absolute Gasteiger partial charge is 0.481 e. The monoisotopic (exact) mass is 651 g/mol. The van der Waals surface area contributed by atoms with Crippen LogP contribution in [0, 0.1) is 0 Å². The summed E-state index contributed by atoms with van der Waals surface area (Å²) in [6, 6.07) is 7.49. The number of aliphatic hydroxyl groups is 3. The fourth-order valence-electron chi connectivity index (χ4n) is 5.36. The van der Waals surface area contributed by atoms with Gasteiger partial charge in [-0.15, -0.1) is 11.3 Å². The molecule has 1 amide bonds. The van der Waals surface area contributed by atoms with Crippen molar-refractivity contribution in [2.45, 2.75) is 94.2 Å². The third-order valence-corrected chi connectivity index (χ3v) is 9.54. The summed E-state index contributed by atoms with van der Waals surface area (Å²) in [7, 11) is 0. The molecule has 0 spiro atoms. The number of unbranched alkanes of at least 4 members (excludes halogenated alkanes) is 1. The van der Waals surface area contributed by atoms with Crippen LogP contribution in [0.2, 0.25) is 5.02 Å². The maximum Gasteiger partial charge on any atom is 0.335 e. The van der Waals surface area contributed by atoms with E-state index < -0.39 is 48.7 Å². The highest BCUT2D eigenvalue weighted by molar-refractivity contribution is 7.19. The van der Waals surface area contributed by atoms with Gasteiger partial charge in [-0.3, -0.25) is 9.59 Å². The molecule has 0 saturated carbocycles. The van der Waals surface area contributed by atoms with Crippen molar-refractivity contribution in [3.63, 3.8) is 0 Å². The Morgan fingerprint density at radius 1 is 1.14 bits per heavy atom. The van der Waals surface area contributed by atoms with Crippen molar-refractivity contribution in [2.75, 3.05) is 6.54 Å². The number of benzene rings is 1. The molecule has 0 radical (unpaired) electrons. The maximum atomic E-state index is 12.8. The average molecular weight is 652 g/mol. The van der Waals surface area contributed by atoms with E-state index in [1.807, 2.05) is 42.5 Å². The topological polar surface area (TPSA) is 174 Å². The maximum absolute atomic E-state index is 12.8. The first-order chi connectivity index (χ1) is 21.1. The molecule has 1 aromatic heterocycles. The van der Waals surface area contributed by atoms with Crippen molar-refractivity contribution < 1.29 is 49.4 Å². The Kier molecular flexibility index (Phi) is 12.3. The number of ether oxygens (including phenoxy) is 2. The van der Waals surface area contributed by atoms with Gasteiger partial charge in [-0.05, 0) is 44.6 Å². The minimum atomic E-state index is -1.84. The number of carbonyl (C=O) groups excluding carboxylic acids is 1. The number of hydrogen-bond acceptors (Lipinski definition) is 9. The zero-order valence-electron chi connectivity index (χ0n) is 24.0. The van der Waals surface area contributed by atoms with E-state index in [-0.39, 0.29) is 18.4 Å². The smallest absolute Gasteiger partial charge is 0.335 e. The second kappa shape index (κ2) is 15.9. The van der Waals surface area contributed by atoms with Crippen LogP contribution in [0.15, 0.2) is 48.6 Å². The third-order valence-electron chi connectivity index (χ3n) is 7.77. The molecular formula is C31H38ClNO10S. The quantitative estimate of drug-likeness (QED) is 0.150. The number of carboxylic acids is 2. The highest BCUT2D eigenvalue weighted by Gasteiger charge is 2.48. The Labute approximate surface area is 264 Å². The van der Waals surface area contributed by atoms with Crippen LogP contribution in [0.3, 0.4) is 0 Å². The predicted molar refractivity (Wildman–Crippen MR) is 163 cm³/mol. The van der Waals surface area contributed by atoms with E-state index >= 15 is 0 Å². The zero-order chi connectivity index (χ0) is 31.8. The van der Waals surface area contributed by atoms with Crippen LogP contribution < -0.4 is 0 Å². The fourth-order valence-corrected chi connectivity index (χ4v) is 6.90. The third kappa shape index (κ3) is 8.66. The molecule has 2 aliphatic heterocycles. The number of carbonyl (C=O) groups is 3. The predicted octanol–water partition coefficient (Wildman–Crippen LogP) is 3.51. The molecule has 0 bridgehead atoms. The Morgan fingerprint density at radius 2 is 1.91 bits per heavy atom. The van der Waals surface area contributed by atoms with Gasteiger partial charge in [0.2, 0.25) is 5.91 Å². The lowest BCUT2D eigenvalue weighted by molar-refractivity contribution is -0.300. The van der Waals surface area contributed by atoms with Gasteiger partial charge in [0.1, 0.15) is 18.3 Å². The van der Waals surface area contributed by atoms with Gasteiger partial charge in [-0.25, -0.2) is 4.79 Å². The molecule has 44 heavy (non-hydrogen) atoms. The molecular weight excluding hydrogens is 614 g/mol. The summed E-state index contributed by atoms with van der Waals surface area (Å²) >= 11 is 8.20. The molecule has 0 aliphatic carbocycles. The van der Waals surface area contributed by atoms with E-state index in [4.69, 9.17) is 26.2 Å². The lowest BCUT2D eigenvalue weighted by Gasteiger charge is -2.39. The van der Waals surface area contributed by atoms with Gasteiger partial charge in [0.15, 0.2) is 12.4 Å². The number of likely N-dealkylation sites (tertiary alicyclic amines) is 1. The standard InChI is InChI=1S/C31H38ClNO10S/c32-25-20-9-4-5-10-21(20)44-22(25)16-15-19(42-31-28(39)26(37)27(38)29(43-31)30(40)41)14-13-18-8-7-11-23(34)33(18)17-6-2-1-3-12-24(35)36/h2,4-6,9-10,13-14,18-19,26-29,31,37-39H,1,3,7-8,11-12,15-17H2,(H,35,36)(H,40,41)/b6-2-,14-13+/t18-,19?,26+,27+,28?,29?,31-/m1/s1. The van der Waals surface area contributed by atoms with E-state index in [9.17, 15) is 34.8 Å². The number of nitrogens with zero attached hydrogens (tertiary/aromatic N) is 1. The van der Waals surface area contributed by atoms with Crippen LogP contribution >= 0.6 is 22.9 Å². The van der Waals surface area contributed by atoms with Gasteiger partial charge >= 0.3 is 11.9 Å². The van der Waals surface area contributed by atoms with Gasteiger partial charge in [0.25, 0.3) is 0 Å². The van der Waals surface area contributed by atoms with Gasteiger partial charge in [-0.1, -0.05) is 54.1 Å². The lowest BCUT2D eigenvalue weighted by atomic mass is 9.98.